The maximum absolute atomic E-state index is 12.6. The molecule has 1 aromatic rings. The van der Waals surface area contributed by atoms with E-state index in [0.29, 0.717) is 24.0 Å². The summed E-state index contributed by atoms with van der Waals surface area (Å²) in [6, 6.07) is 5.33. The molecule has 21 heavy (non-hydrogen) atoms. The molecule has 0 spiro atoms. The largest absolute Gasteiger partial charge is 0.416 e. The van der Waals surface area contributed by atoms with Crippen molar-refractivity contribution in [2.45, 2.75) is 44.0 Å². The summed E-state index contributed by atoms with van der Waals surface area (Å²) in [7, 11) is 0. The van der Waals surface area contributed by atoms with Crippen molar-refractivity contribution in [3.05, 3.63) is 35.4 Å². The second-order valence-corrected chi connectivity index (χ2v) is 6.54. The fraction of sp³-hybridized carbons (Fsp3) is 0.625. The van der Waals surface area contributed by atoms with Crippen LogP contribution in [0.5, 0.6) is 0 Å². The van der Waals surface area contributed by atoms with Crippen molar-refractivity contribution in [1.29, 1.82) is 0 Å². The molecule has 0 aliphatic heterocycles. The van der Waals surface area contributed by atoms with Crippen LogP contribution in [-0.4, -0.2) is 12.1 Å². The maximum Gasteiger partial charge on any atom is 0.416 e. The molecule has 1 aromatic carbocycles. The quantitative estimate of drug-likeness (QED) is 0.919. The molecular weight excluding hydrogens is 279 g/mol. The van der Waals surface area contributed by atoms with Crippen molar-refractivity contribution in [3.63, 3.8) is 0 Å². The Labute approximate surface area is 122 Å². The van der Waals surface area contributed by atoms with Gasteiger partial charge in [0.15, 0.2) is 0 Å². The minimum Gasteiger partial charge on any atom is -0.376 e. The van der Waals surface area contributed by atoms with Crippen LogP contribution in [0, 0.1) is 11.8 Å². The lowest BCUT2D eigenvalue weighted by Gasteiger charge is -2.26. The highest BCUT2D eigenvalue weighted by atomic mass is 19.4. The Balaban J connectivity index is 1.52. The first-order valence-corrected chi connectivity index (χ1v) is 7.38. The predicted molar refractivity (Wildman–Crippen MR) is 73.5 cm³/mol. The van der Waals surface area contributed by atoms with E-state index < -0.39 is 11.7 Å². The number of alkyl halides is 3. The molecule has 2 saturated carbocycles. The summed E-state index contributed by atoms with van der Waals surface area (Å²) in [5, 5.41) is 0. The number of hydrogen-bond acceptors (Lipinski definition) is 2. The SMILES string of the molecule is NC12CCC(C1)[C@@H](COCc1cccc(C(F)(F)F)c1)C2. The molecule has 2 aliphatic rings. The van der Waals surface area contributed by atoms with Gasteiger partial charge < -0.3 is 10.5 Å². The van der Waals surface area contributed by atoms with Gasteiger partial charge in [-0.3, -0.25) is 0 Å². The lowest BCUT2D eigenvalue weighted by Crippen LogP contribution is -2.36. The summed E-state index contributed by atoms with van der Waals surface area (Å²) in [6.45, 7) is 0.824. The Morgan fingerprint density at radius 3 is 2.71 bits per heavy atom. The summed E-state index contributed by atoms with van der Waals surface area (Å²) in [5.41, 5.74) is 6.20. The molecule has 0 radical (unpaired) electrons. The van der Waals surface area contributed by atoms with Gasteiger partial charge in [0.1, 0.15) is 0 Å². The Kier molecular flexibility index (Phi) is 3.74. The van der Waals surface area contributed by atoms with Gasteiger partial charge >= 0.3 is 6.18 Å². The molecule has 2 fully saturated rings. The molecule has 0 amide bonds. The summed E-state index contributed by atoms with van der Waals surface area (Å²) in [5.74, 6) is 1.10. The second-order valence-electron chi connectivity index (χ2n) is 6.54. The van der Waals surface area contributed by atoms with Crippen LogP contribution in [0.25, 0.3) is 0 Å². The average molecular weight is 299 g/mol. The van der Waals surface area contributed by atoms with Crippen LogP contribution in [0.1, 0.15) is 36.8 Å². The zero-order chi connectivity index (χ0) is 15.1. The third-order valence-electron chi connectivity index (χ3n) is 4.87. The monoisotopic (exact) mass is 299 g/mol. The van der Waals surface area contributed by atoms with Gasteiger partial charge in [-0.25, -0.2) is 0 Å². The summed E-state index contributed by atoms with van der Waals surface area (Å²) in [6.07, 6.45) is 0.0211. The van der Waals surface area contributed by atoms with Crippen LogP contribution in [0.4, 0.5) is 13.2 Å². The van der Waals surface area contributed by atoms with Gasteiger partial charge in [0.25, 0.3) is 0 Å². The van der Waals surface area contributed by atoms with Crippen LogP contribution >= 0.6 is 0 Å². The van der Waals surface area contributed by atoms with E-state index in [0.717, 1.165) is 37.8 Å². The minimum absolute atomic E-state index is 0.00507. The Morgan fingerprint density at radius 1 is 1.29 bits per heavy atom. The maximum atomic E-state index is 12.6. The van der Waals surface area contributed by atoms with E-state index >= 15 is 0 Å². The van der Waals surface area contributed by atoms with E-state index in [9.17, 15) is 13.2 Å². The summed E-state index contributed by atoms with van der Waals surface area (Å²) >= 11 is 0. The molecule has 5 heteroatoms. The van der Waals surface area contributed by atoms with E-state index in [-0.39, 0.29) is 12.1 Å². The van der Waals surface area contributed by atoms with Gasteiger partial charge in [-0.1, -0.05) is 12.1 Å². The number of rotatable bonds is 4. The highest BCUT2D eigenvalue weighted by molar-refractivity contribution is 5.25. The highest BCUT2D eigenvalue weighted by Crippen LogP contribution is 2.49. The molecule has 116 valence electrons. The number of ether oxygens (including phenoxy) is 1. The first kappa shape index (κ1) is 14.9. The second kappa shape index (κ2) is 5.29. The van der Waals surface area contributed by atoms with E-state index in [1.54, 1.807) is 6.07 Å². The van der Waals surface area contributed by atoms with Gasteiger partial charge in [0.2, 0.25) is 0 Å². The molecule has 3 atom stereocenters. The van der Waals surface area contributed by atoms with Crippen molar-refractivity contribution in [2.24, 2.45) is 17.6 Å². The van der Waals surface area contributed by atoms with Crippen LogP contribution < -0.4 is 5.73 Å². The fourth-order valence-corrected chi connectivity index (χ4v) is 3.84. The predicted octanol–water partition coefficient (Wildman–Crippen LogP) is 3.74. The third kappa shape index (κ3) is 3.24. The Morgan fingerprint density at radius 2 is 2.10 bits per heavy atom. The van der Waals surface area contributed by atoms with Crippen molar-refractivity contribution in [2.75, 3.05) is 6.61 Å². The van der Waals surface area contributed by atoms with E-state index in [1.807, 2.05) is 0 Å². The number of benzene rings is 1. The number of halogens is 3. The topological polar surface area (TPSA) is 35.2 Å². The third-order valence-corrected chi connectivity index (χ3v) is 4.87. The van der Waals surface area contributed by atoms with Crippen molar-refractivity contribution >= 4 is 0 Å². The molecule has 2 bridgehead atoms. The first-order valence-electron chi connectivity index (χ1n) is 7.38. The van der Waals surface area contributed by atoms with Crippen LogP contribution in [0.3, 0.4) is 0 Å². The molecule has 2 unspecified atom stereocenters. The molecule has 3 rings (SSSR count). The smallest absolute Gasteiger partial charge is 0.376 e. The van der Waals surface area contributed by atoms with Crippen molar-refractivity contribution in [3.8, 4) is 0 Å². The first-order chi connectivity index (χ1) is 9.86. The van der Waals surface area contributed by atoms with Crippen molar-refractivity contribution in [1.82, 2.24) is 0 Å². The average Bonchev–Trinajstić information content (AvgIpc) is 2.93. The highest BCUT2D eigenvalue weighted by Gasteiger charge is 2.47. The zero-order valence-electron chi connectivity index (χ0n) is 11.8. The minimum atomic E-state index is -4.30. The molecule has 2 N–H and O–H groups in total. The van der Waals surface area contributed by atoms with E-state index in [2.05, 4.69) is 0 Å². The molecule has 0 aromatic heterocycles. The lowest BCUT2D eigenvalue weighted by atomic mass is 9.87. The fourth-order valence-electron chi connectivity index (χ4n) is 3.84. The standard InChI is InChI=1S/C16H20F3NO/c17-16(18,19)14-3-1-2-11(6-14)9-21-10-13-8-15(20)5-4-12(13)7-15/h1-3,6,12-13H,4-5,7-10,20H2/t12?,13-,15?/m1/s1. The summed E-state index contributed by atoms with van der Waals surface area (Å²) in [4.78, 5) is 0. The van der Waals surface area contributed by atoms with Crippen molar-refractivity contribution < 1.29 is 17.9 Å². The number of hydrogen-bond donors (Lipinski definition) is 1. The number of fused-ring (bicyclic) bond motifs is 2. The van der Waals surface area contributed by atoms with E-state index in [4.69, 9.17) is 10.5 Å². The van der Waals surface area contributed by atoms with Crippen LogP contribution in [-0.2, 0) is 17.5 Å². The Bertz CT molecular complexity index is 516. The molecular formula is C16H20F3NO. The zero-order valence-corrected chi connectivity index (χ0v) is 11.8. The molecule has 0 saturated heterocycles. The Hall–Kier alpha value is -1.07. The van der Waals surface area contributed by atoms with Gasteiger partial charge in [0.05, 0.1) is 18.8 Å². The molecule has 2 aliphatic carbocycles. The van der Waals surface area contributed by atoms with Crippen LogP contribution in [0.15, 0.2) is 24.3 Å². The van der Waals surface area contributed by atoms with Crippen LogP contribution in [0.2, 0.25) is 0 Å². The molecule has 0 heterocycles. The van der Waals surface area contributed by atoms with Gasteiger partial charge in [-0.2, -0.15) is 13.2 Å². The summed E-state index contributed by atoms with van der Waals surface area (Å²) < 4.78 is 43.5. The van der Waals surface area contributed by atoms with Gasteiger partial charge in [-0.15, -0.1) is 0 Å². The normalized spacial score (nSPS) is 31.8. The van der Waals surface area contributed by atoms with Gasteiger partial charge in [0, 0.05) is 5.54 Å². The molecule has 2 nitrogen and oxygen atoms in total. The number of nitrogens with two attached hydrogens (primary N) is 1. The van der Waals surface area contributed by atoms with E-state index in [1.165, 1.54) is 6.07 Å². The van der Waals surface area contributed by atoms with Gasteiger partial charge in [-0.05, 0) is 55.2 Å². The lowest BCUT2D eigenvalue weighted by molar-refractivity contribution is -0.137.